The number of hydrogen-bond acceptors (Lipinski definition) is 3. The number of fused-ring (bicyclic) bond motifs is 1. The van der Waals surface area contributed by atoms with Crippen molar-refractivity contribution in [1.82, 2.24) is 14.8 Å². The monoisotopic (exact) mass is 369 g/mol. The number of nitrogens with zero attached hydrogens (tertiary/aromatic N) is 2. The summed E-state index contributed by atoms with van der Waals surface area (Å²) in [5.74, 6) is -0.523. The van der Waals surface area contributed by atoms with Crippen molar-refractivity contribution in [3.8, 4) is 0 Å². The highest BCUT2D eigenvalue weighted by Crippen LogP contribution is 2.17. The molecule has 130 valence electrons. The summed E-state index contributed by atoms with van der Waals surface area (Å²) in [6, 6.07) is 9.47. The smallest absolute Gasteiger partial charge is 0.277 e. The zero-order valence-electron chi connectivity index (χ0n) is 13.2. The number of alkyl halides is 1. The Kier molecular flexibility index (Phi) is 6.10. The highest BCUT2D eigenvalue weighted by Gasteiger charge is 2.24. The molecule has 0 aliphatic carbocycles. The molecule has 6 nitrogen and oxygen atoms in total. The van der Waals surface area contributed by atoms with Gasteiger partial charge >= 0.3 is 0 Å². The molecule has 2 aromatic rings. The van der Waals surface area contributed by atoms with Crippen molar-refractivity contribution >= 4 is 46.8 Å². The number of likely N-dealkylation sites (tertiary alicyclic amines) is 1. The average Bonchev–Trinajstić information content (AvgIpc) is 3.12. The molecule has 0 spiro atoms. The van der Waals surface area contributed by atoms with E-state index < -0.39 is 0 Å². The Balaban J connectivity index is 0.00000208. The summed E-state index contributed by atoms with van der Waals surface area (Å²) >= 11 is 6.09. The molecule has 1 atom stereocenters. The Morgan fingerprint density at radius 3 is 2.83 bits per heavy atom. The lowest BCUT2D eigenvalue weighted by molar-refractivity contribution is 0.0830. The first kappa shape index (κ1) is 18.6. The molecule has 4 N–H and O–H groups in total. The van der Waals surface area contributed by atoms with E-state index in [9.17, 15) is 4.79 Å². The lowest BCUT2D eigenvalue weighted by Crippen LogP contribution is -2.45. The van der Waals surface area contributed by atoms with Gasteiger partial charge in [-0.25, -0.2) is 0 Å². The van der Waals surface area contributed by atoms with Crippen LogP contribution in [0.2, 0.25) is 0 Å². The Labute approximate surface area is 151 Å². The topological polar surface area (TPSA) is 89.2 Å². The minimum Gasteiger partial charge on any atom is -0.370 e. The molecule has 1 aliphatic heterocycles. The fourth-order valence-electron chi connectivity index (χ4n) is 2.90. The molecule has 1 unspecified atom stereocenters. The number of halogens is 2. The first-order chi connectivity index (χ1) is 11.0. The molecule has 24 heavy (non-hydrogen) atoms. The van der Waals surface area contributed by atoms with Gasteiger partial charge in [-0.2, -0.15) is 0 Å². The van der Waals surface area contributed by atoms with Crippen LogP contribution in [0.3, 0.4) is 0 Å². The third-order valence-corrected chi connectivity index (χ3v) is 4.51. The summed E-state index contributed by atoms with van der Waals surface area (Å²) in [5.41, 5.74) is 6.95. The Bertz CT molecular complexity index is 699. The second kappa shape index (κ2) is 7.88. The molecule has 1 aromatic heterocycles. The number of carbonyl (C=O) groups is 1. The van der Waals surface area contributed by atoms with Crippen molar-refractivity contribution in [1.29, 1.82) is 5.41 Å². The zero-order valence-corrected chi connectivity index (χ0v) is 14.7. The quantitative estimate of drug-likeness (QED) is 0.438. The summed E-state index contributed by atoms with van der Waals surface area (Å²) in [6.45, 7) is 2.77. The van der Waals surface area contributed by atoms with Gasteiger partial charge < -0.3 is 15.6 Å². The first-order valence-corrected chi connectivity index (χ1v) is 8.08. The number of benzene rings is 1. The van der Waals surface area contributed by atoms with E-state index in [1.165, 1.54) is 4.90 Å². The van der Waals surface area contributed by atoms with E-state index in [4.69, 9.17) is 22.7 Å². The zero-order chi connectivity index (χ0) is 16.4. The maximum Gasteiger partial charge on any atom is 0.277 e. The van der Waals surface area contributed by atoms with Crippen LogP contribution >= 0.6 is 24.0 Å². The number of guanidine groups is 1. The Morgan fingerprint density at radius 2 is 2.21 bits per heavy atom. The minimum absolute atomic E-state index is 0. The van der Waals surface area contributed by atoms with E-state index in [2.05, 4.69) is 9.88 Å². The van der Waals surface area contributed by atoms with Gasteiger partial charge in [-0.1, -0.05) is 18.2 Å². The number of hydrogen-bond donors (Lipinski definition) is 3. The van der Waals surface area contributed by atoms with Crippen LogP contribution in [0, 0.1) is 5.41 Å². The number of H-pyrrole nitrogens is 1. The number of rotatable bonds is 4. The lowest BCUT2D eigenvalue weighted by atomic mass is 10.2. The number of nitrogens with one attached hydrogen (secondary N) is 2. The van der Waals surface area contributed by atoms with E-state index in [0.29, 0.717) is 18.8 Å². The van der Waals surface area contributed by atoms with E-state index >= 15 is 0 Å². The van der Waals surface area contributed by atoms with Crippen molar-refractivity contribution < 1.29 is 4.79 Å². The number of aromatic amines is 1. The van der Waals surface area contributed by atoms with Gasteiger partial charge in [0.05, 0.1) is 0 Å². The summed E-state index contributed by atoms with van der Waals surface area (Å²) < 4.78 is 0. The number of amides is 1. The van der Waals surface area contributed by atoms with Gasteiger partial charge in [-0.05, 0) is 25.1 Å². The molecule has 2 heterocycles. The molecular formula is C16H21Cl2N5O. The summed E-state index contributed by atoms with van der Waals surface area (Å²) in [5, 5.41) is 8.84. The highest BCUT2D eigenvalue weighted by molar-refractivity contribution is 6.20. The van der Waals surface area contributed by atoms with Gasteiger partial charge in [0.25, 0.3) is 5.91 Å². The van der Waals surface area contributed by atoms with Crippen LogP contribution in [0.25, 0.3) is 10.9 Å². The van der Waals surface area contributed by atoms with Crippen LogP contribution in [0.5, 0.6) is 0 Å². The molecule has 1 saturated heterocycles. The number of aromatic nitrogens is 1. The highest BCUT2D eigenvalue weighted by atomic mass is 35.5. The van der Waals surface area contributed by atoms with Crippen LogP contribution < -0.4 is 5.73 Å². The molecule has 0 radical (unpaired) electrons. The summed E-state index contributed by atoms with van der Waals surface area (Å²) in [7, 11) is 0. The third kappa shape index (κ3) is 4.01. The van der Waals surface area contributed by atoms with Crippen LogP contribution in [0.1, 0.15) is 16.9 Å². The largest absolute Gasteiger partial charge is 0.370 e. The van der Waals surface area contributed by atoms with Gasteiger partial charge in [-0.15, -0.1) is 24.0 Å². The van der Waals surface area contributed by atoms with Crippen molar-refractivity contribution in [2.75, 3.05) is 26.2 Å². The number of nitrogens with two attached hydrogens (primary N) is 1. The molecule has 1 aromatic carbocycles. The van der Waals surface area contributed by atoms with E-state index in [1.54, 1.807) is 6.07 Å². The molecule has 1 fully saturated rings. The molecule has 8 heteroatoms. The van der Waals surface area contributed by atoms with Crippen molar-refractivity contribution in [3.05, 3.63) is 36.0 Å². The van der Waals surface area contributed by atoms with Gasteiger partial charge in [-0.3, -0.25) is 15.1 Å². The van der Waals surface area contributed by atoms with Gasteiger partial charge in [0.15, 0.2) is 5.96 Å². The van der Waals surface area contributed by atoms with E-state index in [1.807, 2.05) is 24.3 Å². The van der Waals surface area contributed by atoms with E-state index in [-0.39, 0.29) is 29.7 Å². The van der Waals surface area contributed by atoms with Crippen molar-refractivity contribution in [3.63, 3.8) is 0 Å². The lowest BCUT2D eigenvalue weighted by Gasteiger charge is -2.23. The van der Waals surface area contributed by atoms with Crippen molar-refractivity contribution in [2.24, 2.45) is 5.73 Å². The predicted molar refractivity (Wildman–Crippen MR) is 99.2 cm³/mol. The molecule has 1 aliphatic rings. The Hall–Kier alpha value is -1.76. The molecule has 0 bridgehead atoms. The first-order valence-electron chi connectivity index (χ1n) is 7.64. The Morgan fingerprint density at radius 1 is 1.46 bits per heavy atom. The predicted octanol–water partition coefficient (Wildman–Crippen LogP) is 2.24. The molecule has 1 amide bonds. The molecule has 3 rings (SSSR count). The summed E-state index contributed by atoms with van der Waals surface area (Å²) in [4.78, 5) is 19.2. The third-order valence-electron chi connectivity index (χ3n) is 4.15. The van der Waals surface area contributed by atoms with E-state index in [0.717, 1.165) is 30.4 Å². The van der Waals surface area contributed by atoms with Crippen LogP contribution in [-0.4, -0.2) is 58.2 Å². The van der Waals surface area contributed by atoms with Gasteiger partial charge in [0.1, 0.15) is 5.69 Å². The maximum atomic E-state index is 12.7. The SMILES string of the molecule is Cl.N=C(N)N(CCN1CCC(Cl)C1)C(=O)c1cc2ccccc2[nH]1. The van der Waals surface area contributed by atoms with Gasteiger partial charge in [0.2, 0.25) is 0 Å². The van der Waals surface area contributed by atoms with Crippen LogP contribution in [0.15, 0.2) is 30.3 Å². The standard InChI is InChI=1S/C16H20ClN5O.ClH/c17-12-5-6-21(10-12)7-8-22(16(18)19)15(23)14-9-11-3-1-2-4-13(11)20-14;/h1-4,9,12,20H,5-8,10H2,(H3,18,19);1H. The van der Waals surface area contributed by atoms with Crippen LogP contribution in [0.4, 0.5) is 0 Å². The van der Waals surface area contributed by atoms with Crippen molar-refractivity contribution in [2.45, 2.75) is 11.8 Å². The second-order valence-corrected chi connectivity index (χ2v) is 6.42. The number of para-hydroxylation sites is 1. The molecular weight excluding hydrogens is 349 g/mol. The summed E-state index contributed by atoms with van der Waals surface area (Å²) in [6.07, 6.45) is 0.956. The minimum atomic E-state index is -0.282. The normalized spacial score (nSPS) is 17.6. The fourth-order valence-corrected chi connectivity index (χ4v) is 3.19. The van der Waals surface area contributed by atoms with Crippen LogP contribution in [-0.2, 0) is 0 Å². The average molecular weight is 370 g/mol. The fraction of sp³-hybridized carbons (Fsp3) is 0.375. The van der Waals surface area contributed by atoms with Gasteiger partial charge in [0, 0.05) is 35.9 Å². The second-order valence-electron chi connectivity index (χ2n) is 5.80. The maximum absolute atomic E-state index is 12.7. The number of carbonyl (C=O) groups excluding carboxylic acids is 1. The molecule has 0 saturated carbocycles.